The van der Waals surface area contributed by atoms with Crippen LogP contribution in [-0.2, 0) is 4.79 Å². The quantitative estimate of drug-likeness (QED) is 0.649. The lowest BCUT2D eigenvalue weighted by Gasteiger charge is -2.15. The minimum Gasteiger partial charge on any atom is -0.497 e. The molecule has 0 fully saturated rings. The number of nitrogens with one attached hydrogen (secondary N) is 1. The van der Waals surface area contributed by atoms with Gasteiger partial charge < -0.3 is 19.9 Å². The number of aliphatic hydroxyl groups is 1. The second kappa shape index (κ2) is 10.0. The second-order valence-corrected chi connectivity index (χ2v) is 4.86. The molecule has 0 aromatic heterocycles. The van der Waals surface area contributed by atoms with E-state index in [1.165, 1.54) is 0 Å². The largest absolute Gasteiger partial charge is 0.497 e. The van der Waals surface area contributed by atoms with Crippen molar-refractivity contribution in [2.75, 3.05) is 20.3 Å². The number of benzene rings is 1. The summed E-state index contributed by atoms with van der Waals surface area (Å²) in [5, 5.41) is 11.5. The molecule has 5 heteroatoms. The molecule has 1 amide bonds. The number of hydrogen-bond donors (Lipinski definition) is 2. The average Bonchev–Trinajstić information content (AvgIpc) is 2.51. The summed E-state index contributed by atoms with van der Waals surface area (Å²) in [5.74, 6) is 1.27. The van der Waals surface area contributed by atoms with Crippen LogP contribution in [0, 0.1) is 0 Å². The van der Waals surface area contributed by atoms with Crippen molar-refractivity contribution in [3.63, 3.8) is 0 Å². The fraction of sp³-hybridized carbons (Fsp3) is 0.562. The number of rotatable bonds is 10. The fourth-order valence-electron chi connectivity index (χ4n) is 1.86. The van der Waals surface area contributed by atoms with Crippen LogP contribution in [0.25, 0.3) is 0 Å². The van der Waals surface area contributed by atoms with Crippen molar-refractivity contribution in [1.82, 2.24) is 5.32 Å². The predicted molar refractivity (Wildman–Crippen MR) is 81.6 cm³/mol. The van der Waals surface area contributed by atoms with Crippen molar-refractivity contribution in [3.8, 4) is 11.5 Å². The zero-order chi connectivity index (χ0) is 15.5. The fourth-order valence-corrected chi connectivity index (χ4v) is 1.86. The van der Waals surface area contributed by atoms with Gasteiger partial charge in [-0.05, 0) is 44.0 Å². The molecule has 0 aliphatic carbocycles. The molecule has 2 N–H and O–H groups in total. The molecule has 0 radical (unpaired) electrons. The monoisotopic (exact) mass is 295 g/mol. The molecule has 5 nitrogen and oxygen atoms in total. The Morgan fingerprint density at radius 2 is 1.76 bits per heavy atom. The SMILES string of the molecule is COc1ccc(OC(C)C(=O)NCCCCCCO)cc1. The maximum atomic E-state index is 11.9. The van der Waals surface area contributed by atoms with E-state index in [1.54, 1.807) is 38.3 Å². The van der Waals surface area contributed by atoms with Gasteiger partial charge in [-0.3, -0.25) is 4.79 Å². The Kier molecular flexibility index (Phi) is 8.28. The average molecular weight is 295 g/mol. The first-order valence-corrected chi connectivity index (χ1v) is 7.36. The summed E-state index contributed by atoms with van der Waals surface area (Å²) in [5.41, 5.74) is 0. The van der Waals surface area contributed by atoms with Crippen molar-refractivity contribution in [2.45, 2.75) is 38.7 Å². The molecular weight excluding hydrogens is 270 g/mol. The van der Waals surface area contributed by atoms with Crippen LogP contribution < -0.4 is 14.8 Å². The van der Waals surface area contributed by atoms with Crippen molar-refractivity contribution in [1.29, 1.82) is 0 Å². The molecule has 1 aromatic carbocycles. The first-order valence-electron chi connectivity index (χ1n) is 7.36. The van der Waals surface area contributed by atoms with E-state index in [-0.39, 0.29) is 12.5 Å². The number of carbonyl (C=O) groups excluding carboxylic acids is 1. The highest BCUT2D eigenvalue weighted by Gasteiger charge is 2.13. The number of carbonyl (C=O) groups is 1. The van der Waals surface area contributed by atoms with E-state index in [1.807, 2.05) is 0 Å². The van der Waals surface area contributed by atoms with Gasteiger partial charge in [0.25, 0.3) is 5.91 Å². The van der Waals surface area contributed by atoms with Crippen LogP contribution in [0.3, 0.4) is 0 Å². The van der Waals surface area contributed by atoms with Crippen LogP contribution in [-0.4, -0.2) is 37.4 Å². The van der Waals surface area contributed by atoms with E-state index >= 15 is 0 Å². The molecule has 0 saturated heterocycles. The lowest BCUT2D eigenvalue weighted by Crippen LogP contribution is -2.36. The number of aliphatic hydroxyl groups excluding tert-OH is 1. The predicted octanol–water partition coefficient (Wildman–Crippen LogP) is 2.13. The first-order chi connectivity index (χ1) is 10.2. The van der Waals surface area contributed by atoms with Gasteiger partial charge in [0.2, 0.25) is 0 Å². The van der Waals surface area contributed by atoms with Crippen LogP contribution >= 0.6 is 0 Å². The molecule has 1 atom stereocenters. The summed E-state index contributed by atoms with van der Waals surface area (Å²) in [4.78, 5) is 11.9. The zero-order valence-corrected chi connectivity index (χ0v) is 12.8. The van der Waals surface area contributed by atoms with Gasteiger partial charge in [-0.1, -0.05) is 12.8 Å². The third-order valence-electron chi connectivity index (χ3n) is 3.13. The Hall–Kier alpha value is -1.75. The molecule has 21 heavy (non-hydrogen) atoms. The molecule has 1 aromatic rings. The summed E-state index contributed by atoms with van der Waals surface area (Å²) in [6, 6.07) is 7.14. The van der Waals surface area contributed by atoms with Gasteiger partial charge >= 0.3 is 0 Å². The molecule has 1 unspecified atom stereocenters. The molecule has 118 valence electrons. The molecule has 0 saturated carbocycles. The number of amides is 1. The van der Waals surface area contributed by atoms with Gasteiger partial charge in [-0.25, -0.2) is 0 Å². The van der Waals surface area contributed by atoms with Crippen LogP contribution in [0.15, 0.2) is 24.3 Å². The molecule has 0 aliphatic rings. The van der Waals surface area contributed by atoms with Crippen molar-refractivity contribution in [2.24, 2.45) is 0 Å². The van der Waals surface area contributed by atoms with Gasteiger partial charge in [0.15, 0.2) is 6.10 Å². The minimum absolute atomic E-state index is 0.118. The van der Waals surface area contributed by atoms with E-state index in [2.05, 4.69) is 5.32 Å². The summed E-state index contributed by atoms with van der Waals surface area (Å²) in [6.45, 7) is 2.60. The Bertz CT molecular complexity index is 405. The van der Waals surface area contributed by atoms with E-state index in [0.29, 0.717) is 12.3 Å². The third kappa shape index (κ3) is 6.99. The summed E-state index contributed by atoms with van der Waals surface area (Å²) >= 11 is 0. The van der Waals surface area contributed by atoms with Gasteiger partial charge in [-0.15, -0.1) is 0 Å². The maximum absolute atomic E-state index is 11.9. The van der Waals surface area contributed by atoms with Crippen LogP contribution in [0.1, 0.15) is 32.6 Å². The molecular formula is C16H25NO4. The van der Waals surface area contributed by atoms with Crippen LogP contribution in [0.4, 0.5) is 0 Å². The summed E-state index contributed by atoms with van der Waals surface area (Å²) in [7, 11) is 1.60. The van der Waals surface area contributed by atoms with E-state index in [4.69, 9.17) is 14.6 Å². The Labute approximate surface area is 126 Å². The van der Waals surface area contributed by atoms with E-state index in [9.17, 15) is 4.79 Å². The molecule has 0 heterocycles. The van der Waals surface area contributed by atoms with Crippen LogP contribution in [0.5, 0.6) is 11.5 Å². The van der Waals surface area contributed by atoms with Gasteiger partial charge in [0.05, 0.1) is 7.11 Å². The third-order valence-corrected chi connectivity index (χ3v) is 3.13. The Morgan fingerprint density at radius 3 is 2.38 bits per heavy atom. The number of hydrogen-bond acceptors (Lipinski definition) is 4. The summed E-state index contributed by atoms with van der Waals surface area (Å²) < 4.78 is 10.6. The minimum atomic E-state index is -0.532. The molecule has 0 spiro atoms. The lowest BCUT2D eigenvalue weighted by atomic mass is 10.2. The van der Waals surface area contributed by atoms with Crippen molar-refractivity contribution >= 4 is 5.91 Å². The molecule has 0 bridgehead atoms. The number of ether oxygens (including phenoxy) is 2. The number of methoxy groups -OCH3 is 1. The van der Waals surface area contributed by atoms with E-state index < -0.39 is 6.10 Å². The lowest BCUT2D eigenvalue weighted by molar-refractivity contribution is -0.127. The van der Waals surface area contributed by atoms with Gasteiger partial charge in [-0.2, -0.15) is 0 Å². The van der Waals surface area contributed by atoms with Crippen molar-refractivity contribution in [3.05, 3.63) is 24.3 Å². The molecule has 0 aliphatic heterocycles. The zero-order valence-electron chi connectivity index (χ0n) is 12.8. The summed E-state index contributed by atoms with van der Waals surface area (Å²) in [6.07, 6.45) is 3.21. The van der Waals surface area contributed by atoms with Crippen molar-refractivity contribution < 1.29 is 19.4 Å². The second-order valence-electron chi connectivity index (χ2n) is 4.86. The van der Waals surface area contributed by atoms with Gasteiger partial charge in [0.1, 0.15) is 11.5 Å². The number of unbranched alkanes of at least 4 members (excludes halogenated alkanes) is 3. The Balaban J connectivity index is 2.23. The highest BCUT2D eigenvalue weighted by atomic mass is 16.5. The normalized spacial score (nSPS) is 11.8. The Morgan fingerprint density at radius 1 is 1.14 bits per heavy atom. The first kappa shape index (κ1) is 17.3. The smallest absolute Gasteiger partial charge is 0.260 e. The van der Waals surface area contributed by atoms with Gasteiger partial charge in [0, 0.05) is 13.2 Å². The maximum Gasteiger partial charge on any atom is 0.260 e. The topological polar surface area (TPSA) is 67.8 Å². The van der Waals surface area contributed by atoms with Crippen LogP contribution in [0.2, 0.25) is 0 Å². The van der Waals surface area contributed by atoms with E-state index in [0.717, 1.165) is 31.4 Å². The highest BCUT2D eigenvalue weighted by Crippen LogP contribution is 2.18. The highest BCUT2D eigenvalue weighted by molar-refractivity contribution is 5.80. The standard InChI is InChI=1S/C16H25NO4/c1-13(16(19)17-11-5-3-4-6-12-18)21-15-9-7-14(20-2)8-10-15/h7-10,13,18H,3-6,11-12H2,1-2H3,(H,17,19). The molecule has 1 rings (SSSR count).